The summed E-state index contributed by atoms with van der Waals surface area (Å²) >= 11 is 0. The van der Waals surface area contributed by atoms with Gasteiger partial charge in [-0.2, -0.15) is 0 Å². The van der Waals surface area contributed by atoms with Gasteiger partial charge in [0.1, 0.15) is 6.10 Å². The Morgan fingerprint density at radius 3 is 2.55 bits per heavy atom. The van der Waals surface area contributed by atoms with Gasteiger partial charge in [-0.25, -0.2) is 9.18 Å². The van der Waals surface area contributed by atoms with Crippen LogP contribution in [-0.4, -0.2) is 43.3 Å². The molecule has 3 heterocycles. The molecule has 3 aliphatic heterocycles. The molecule has 3 saturated heterocycles. The average Bonchev–Trinajstić information content (AvgIpc) is 3.04. The molecule has 3 fully saturated rings. The van der Waals surface area contributed by atoms with Crippen LogP contribution >= 0.6 is 0 Å². The summed E-state index contributed by atoms with van der Waals surface area (Å²) in [7, 11) is 0. The molecule has 1 amide bonds. The Hall–Kier alpha value is -2.60. The number of carbonyl (C=O) groups is 1. The maximum Gasteiger partial charge on any atom is 0.407 e. The molecule has 4 aliphatic rings. The molecule has 0 radical (unpaired) electrons. The summed E-state index contributed by atoms with van der Waals surface area (Å²) in [6.07, 6.45) is 2.74. The lowest BCUT2D eigenvalue weighted by atomic mass is 9.85. The van der Waals surface area contributed by atoms with Crippen molar-refractivity contribution < 1.29 is 18.7 Å². The topological polar surface area (TPSA) is 50.8 Å². The van der Waals surface area contributed by atoms with E-state index in [4.69, 9.17) is 9.47 Å². The van der Waals surface area contributed by atoms with E-state index in [1.54, 1.807) is 6.07 Å². The van der Waals surface area contributed by atoms with Crippen molar-refractivity contribution in [2.45, 2.75) is 52.2 Å². The van der Waals surface area contributed by atoms with Crippen LogP contribution in [0.25, 0.3) is 11.1 Å². The molecular weight excluding hydrogens is 419 g/mol. The average molecular weight is 453 g/mol. The van der Waals surface area contributed by atoms with Crippen LogP contribution in [0.4, 0.5) is 9.18 Å². The van der Waals surface area contributed by atoms with E-state index in [1.165, 1.54) is 11.6 Å². The molecule has 33 heavy (non-hydrogen) atoms. The predicted octanol–water partition coefficient (Wildman–Crippen LogP) is 5.34. The van der Waals surface area contributed by atoms with Crippen molar-refractivity contribution in [2.24, 2.45) is 11.3 Å². The smallest absolute Gasteiger partial charge is 0.407 e. The highest BCUT2D eigenvalue weighted by molar-refractivity contribution is 5.70. The second-order valence-corrected chi connectivity index (χ2v) is 10.3. The number of hydrogen-bond acceptors (Lipinski definition) is 4. The lowest BCUT2D eigenvalue weighted by Gasteiger charge is -2.44. The second-order valence-electron chi connectivity index (χ2n) is 10.3. The number of nitrogens with zero attached hydrogens (tertiary/aromatic N) is 1. The van der Waals surface area contributed by atoms with Crippen LogP contribution in [0.1, 0.15) is 50.8 Å². The Labute approximate surface area is 195 Å². The van der Waals surface area contributed by atoms with E-state index in [9.17, 15) is 9.18 Å². The van der Waals surface area contributed by atoms with Crippen molar-refractivity contribution in [3.05, 3.63) is 53.3 Å². The largest absolute Gasteiger partial charge is 0.491 e. The fourth-order valence-corrected chi connectivity index (χ4v) is 5.79. The third-order valence-corrected chi connectivity index (χ3v) is 7.56. The zero-order valence-electron chi connectivity index (χ0n) is 19.7. The number of carbonyl (C=O) groups excluding carboxylic acids is 1. The van der Waals surface area contributed by atoms with Crippen molar-refractivity contribution >= 4 is 6.09 Å². The normalized spacial score (nSPS) is 27.2. The van der Waals surface area contributed by atoms with Crippen molar-refractivity contribution in [2.75, 3.05) is 26.2 Å². The van der Waals surface area contributed by atoms with Gasteiger partial charge in [0.2, 0.25) is 0 Å². The van der Waals surface area contributed by atoms with Crippen molar-refractivity contribution in [1.82, 2.24) is 10.2 Å². The van der Waals surface area contributed by atoms with E-state index in [0.717, 1.165) is 55.6 Å². The van der Waals surface area contributed by atoms with Crippen LogP contribution in [0.5, 0.6) is 5.75 Å². The monoisotopic (exact) mass is 452 g/mol. The number of halogens is 1. The van der Waals surface area contributed by atoms with E-state index >= 15 is 0 Å². The fourth-order valence-electron chi connectivity index (χ4n) is 5.79. The SMILES string of the molecule is CCOc1ccc(-c2ccc3c(c2)CC(C)(C)C3NC(=O)O[C@@H]2CN3CCC2CC3)cc1F. The summed E-state index contributed by atoms with van der Waals surface area (Å²) < 4.78 is 25.6. The van der Waals surface area contributed by atoms with Crippen LogP contribution < -0.4 is 10.1 Å². The number of benzene rings is 2. The van der Waals surface area contributed by atoms with Crippen molar-refractivity contribution in [1.29, 1.82) is 0 Å². The number of alkyl carbamates (subject to hydrolysis) is 1. The summed E-state index contributed by atoms with van der Waals surface area (Å²) in [4.78, 5) is 15.2. The third-order valence-electron chi connectivity index (χ3n) is 7.56. The molecular formula is C27H33FN2O3. The van der Waals surface area contributed by atoms with Crippen LogP contribution in [0.2, 0.25) is 0 Å². The van der Waals surface area contributed by atoms with E-state index < -0.39 is 0 Å². The first-order valence-electron chi connectivity index (χ1n) is 12.1. The van der Waals surface area contributed by atoms with Gasteiger partial charge in [-0.1, -0.05) is 38.1 Å². The maximum atomic E-state index is 14.4. The Balaban J connectivity index is 1.32. The van der Waals surface area contributed by atoms with Gasteiger partial charge in [-0.3, -0.25) is 4.90 Å². The molecule has 5 nitrogen and oxygen atoms in total. The van der Waals surface area contributed by atoms with Gasteiger partial charge >= 0.3 is 6.09 Å². The first-order chi connectivity index (χ1) is 15.8. The molecule has 1 N–H and O–H groups in total. The Bertz CT molecular complexity index is 1050. The number of hydrogen-bond donors (Lipinski definition) is 1. The number of rotatable bonds is 5. The first kappa shape index (κ1) is 22.2. The Morgan fingerprint density at radius 2 is 1.88 bits per heavy atom. The Morgan fingerprint density at radius 1 is 1.15 bits per heavy atom. The maximum absolute atomic E-state index is 14.4. The standard InChI is InChI=1S/C27H33FN2O3/c1-4-32-23-8-6-19(14-22(23)28)18-5-7-21-20(13-18)15-27(2,3)25(21)29-26(31)33-24-16-30-11-9-17(24)10-12-30/h5-8,13-14,17,24-25H,4,9-12,15-16H2,1-3H3,(H,29,31)/t24-,25?/m1/s1. The van der Waals surface area contributed by atoms with Crippen LogP contribution in [-0.2, 0) is 11.2 Å². The second kappa shape index (κ2) is 8.64. The summed E-state index contributed by atoms with van der Waals surface area (Å²) in [5.74, 6) is 0.404. The van der Waals surface area contributed by atoms with Gasteiger partial charge in [0.25, 0.3) is 0 Å². The lowest BCUT2D eigenvalue weighted by Crippen LogP contribution is -2.53. The molecule has 0 saturated carbocycles. The quantitative estimate of drug-likeness (QED) is 0.666. The molecule has 2 aromatic rings. The van der Waals surface area contributed by atoms with Gasteiger partial charge in [0, 0.05) is 6.54 Å². The molecule has 1 unspecified atom stereocenters. The van der Waals surface area contributed by atoms with E-state index in [2.05, 4.69) is 36.2 Å². The highest BCUT2D eigenvalue weighted by Gasteiger charge is 2.42. The summed E-state index contributed by atoms with van der Waals surface area (Å²) in [5, 5.41) is 3.17. The van der Waals surface area contributed by atoms with E-state index in [0.29, 0.717) is 12.5 Å². The minimum Gasteiger partial charge on any atom is -0.491 e. The first-order valence-corrected chi connectivity index (χ1v) is 12.1. The van der Waals surface area contributed by atoms with Crippen LogP contribution in [0.15, 0.2) is 36.4 Å². The van der Waals surface area contributed by atoms with E-state index in [1.807, 2.05) is 19.1 Å². The van der Waals surface area contributed by atoms with Crippen LogP contribution in [0.3, 0.4) is 0 Å². The van der Waals surface area contributed by atoms with E-state index in [-0.39, 0.29) is 35.2 Å². The predicted molar refractivity (Wildman–Crippen MR) is 126 cm³/mol. The highest BCUT2D eigenvalue weighted by Crippen LogP contribution is 2.46. The van der Waals surface area contributed by atoms with Gasteiger partial charge in [-0.05, 0) is 85.0 Å². The number of fused-ring (bicyclic) bond motifs is 4. The summed E-state index contributed by atoms with van der Waals surface area (Å²) in [6, 6.07) is 11.2. The Kier molecular flexibility index (Phi) is 5.81. The number of ether oxygens (including phenoxy) is 2. The minimum absolute atomic E-state index is 0.00609. The fraction of sp³-hybridized carbons (Fsp3) is 0.519. The molecule has 2 aromatic carbocycles. The number of piperidine rings is 3. The minimum atomic E-state index is -0.356. The molecule has 2 atom stereocenters. The molecule has 1 aliphatic carbocycles. The third kappa shape index (κ3) is 4.33. The lowest BCUT2D eigenvalue weighted by molar-refractivity contribution is -0.0348. The van der Waals surface area contributed by atoms with Crippen LogP contribution in [0, 0.1) is 17.2 Å². The molecule has 176 valence electrons. The molecule has 0 spiro atoms. The summed E-state index contributed by atoms with van der Waals surface area (Å²) in [6.45, 7) is 9.70. The highest BCUT2D eigenvalue weighted by atomic mass is 19.1. The van der Waals surface area contributed by atoms with Gasteiger partial charge < -0.3 is 14.8 Å². The van der Waals surface area contributed by atoms with Gasteiger partial charge in [0.15, 0.2) is 11.6 Å². The van der Waals surface area contributed by atoms with Crippen molar-refractivity contribution in [3.8, 4) is 16.9 Å². The van der Waals surface area contributed by atoms with Gasteiger partial charge in [0.05, 0.1) is 12.6 Å². The van der Waals surface area contributed by atoms with Gasteiger partial charge in [-0.15, -0.1) is 0 Å². The molecule has 6 heteroatoms. The van der Waals surface area contributed by atoms with Crippen molar-refractivity contribution in [3.63, 3.8) is 0 Å². The molecule has 0 aromatic heterocycles. The number of nitrogens with one attached hydrogen (secondary N) is 1. The molecule has 2 bridgehead atoms. The molecule has 6 rings (SSSR count). The zero-order valence-corrected chi connectivity index (χ0v) is 19.7. The summed E-state index contributed by atoms with van der Waals surface area (Å²) in [5.41, 5.74) is 3.93. The zero-order chi connectivity index (χ0) is 23.2. The number of amides is 1.